The van der Waals surface area contributed by atoms with Crippen LogP contribution in [0.15, 0.2) is 30.6 Å². The van der Waals surface area contributed by atoms with Gasteiger partial charge >= 0.3 is 12.8 Å². The normalized spacial score (nSPS) is 11.6. The third-order valence-electron chi connectivity index (χ3n) is 2.91. The van der Waals surface area contributed by atoms with Crippen molar-refractivity contribution in [1.82, 2.24) is 9.78 Å². The summed E-state index contributed by atoms with van der Waals surface area (Å²) in [6.07, 6.45) is -1.97. The highest BCUT2D eigenvalue weighted by molar-refractivity contribution is 5.92. The molecule has 1 N–H and O–H groups in total. The standard InChI is InChI=1S/C14H12F5N3O2/c1-22-7-8(6-20-22)4-12(23)21-9-2-3-11(24-13(15)16)10(5-9)14(17,18)19/h2-3,5-7,13H,4H2,1H3,(H,21,23). The number of alkyl halides is 5. The van der Waals surface area contributed by atoms with E-state index in [9.17, 15) is 26.7 Å². The topological polar surface area (TPSA) is 56.2 Å². The van der Waals surface area contributed by atoms with Gasteiger partial charge in [-0.25, -0.2) is 0 Å². The van der Waals surface area contributed by atoms with Crippen molar-refractivity contribution in [1.29, 1.82) is 0 Å². The molecule has 1 heterocycles. The summed E-state index contributed by atoms with van der Waals surface area (Å²) in [6.45, 7) is -3.39. The van der Waals surface area contributed by atoms with Crippen molar-refractivity contribution in [3.63, 3.8) is 0 Å². The molecule has 2 rings (SSSR count). The van der Waals surface area contributed by atoms with Gasteiger partial charge < -0.3 is 10.1 Å². The first-order valence-corrected chi connectivity index (χ1v) is 6.58. The molecule has 24 heavy (non-hydrogen) atoms. The second kappa shape index (κ2) is 6.85. The van der Waals surface area contributed by atoms with Crippen LogP contribution in [-0.2, 0) is 24.4 Å². The highest BCUT2D eigenvalue weighted by Gasteiger charge is 2.35. The molecule has 0 atom stereocenters. The molecule has 5 nitrogen and oxygen atoms in total. The number of aromatic nitrogens is 2. The number of anilines is 1. The molecule has 0 saturated carbocycles. The zero-order valence-corrected chi connectivity index (χ0v) is 12.3. The van der Waals surface area contributed by atoms with Crippen molar-refractivity contribution in [2.75, 3.05) is 5.32 Å². The van der Waals surface area contributed by atoms with Crippen LogP contribution in [0.1, 0.15) is 11.1 Å². The van der Waals surface area contributed by atoms with Crippen LogP contribution in [0.4, 0.5) is 27.6 Å². The van der Waals surface area contributed by atoms with E-state index in [2.05, 4.69) is 15.2 Å². The quantitative estimate of drug-likeness (QED) is 0.844. The molecule has 0 unspecified atom stereocenters. The Morgan fingerprint density at radius 3 is 2.62 bits per heavy atom. The first-order chi connectivity index (χ1) is 11.1. The lowest BCUT2D eigenvalue weighted by Gasteiger charge is -2.15. The van der Waals surface area contributed by atoms with Crippen LogP contribution in [0.25, 0.3) is 0 Å². The minimum absolute atomic E-state index is 0.0928. The maximum absolute atomic E-state index is 12.9. The van der Waals surface area contributed by atoms with Crippen molar-refractivity contribution in [2.45, 2.75) is 19.2 Å². The molecule has 0 spiro atoms. The van der Waals surface area contributed by atoms with Crippen molar-refractivity contribution in [3.8, 4) is 5.75 Å². The average Bonchev–Trinajstić information content (AvgIpc) is 2.84. The SMILES string of the molecule is Cn1cc(CC(=O)Nc2ccc(OC(F)F)c(C(F)(F)F)c2)cn1. The van der Waals surface area contributed by atoms with E-state index < -0.39 is 30.0 Å². The number of ether oxygens (including phenoxy) is 1. The molecule has 10 heteroatoms. The van der Waals surface area contributed by atoms with Crippen LogP contribution >= 0.6 is 0 Å². The predicted molar refractivity (Wildman–Crippen MR) is 73.6 cm³/mol. The van der Waals surface area contributed by atoms with Gasteiger partial charge in [-0.05, 0) is 23.8 Å². The van der Waals surface area contributed by atoms with Crippen LogP contribution in [0.2, 0.25) is 0 Å². The number of halogens is 5. The van der Waals surface area contributed by atoms with Crippen molar-refractivity contribution < 1.29 is 31.5 Å². The minimum atomic E-state index is -4.91. The lowest BCUT2D eigenvalue weighted by atomic mass is 10.1. The summed E-state index contributed by atoms with van der Waals surface area (Å²) in [5, 5.41) is 6.14. The molecular formula is C14H12F5N3O2. The van der Waals surface area contributed by atoms with Crippen molar-refractivity contribution >= 4 is 11.6 Å². The van der Waals surface area contributed by atoms with E-state index in [4.69, 9.17) is 0 Å². The second-order valence-corrected chi connectivity index (χ2v) is 4.83. The van der Waals surface area contributed by atoms with Crippen molar-refractivity contribution in [3.05, 3.63) is 41.7 Å². The van der Waals surface area contributed by atoms with Gasteiger partial charge in [0.2, 0.25) is 5.91 Å². The van der Waals surface area contributed by atoms with Gasteiger partial charge in [0.05, 0.1) is 18.2 Å². The van der Waals surface area contributed by atoms with E-state index >= 15 is 0 Å². The molecular weight excluding hydrogens is 337 g/mol. The maximum atomic E-state index is 12.9. The van der Waals surface area contributed by atoms with Gasteiger partial charge in [0.1, 0.15) is 5.75 Å². The van der Waals surface area contributed by atoms with E-state index in [-0.39, 0.29) is 12.1 Å². The van der Waals surface area contributed by atoms with Gasteiger partial charge in [-0.1, -0.05) is 0 Å². The fourth-order valence-electron chi connectivity index (χ4n) is 1.98. The average molecular weight is 349 g/mol. The second-order valence-electron chi connectivity index (χ2n) is 4.83. The number of nitrogens with one attached hydrogen (secondary N) is 1. The summed E-state index contributed by atoms with van der Waals surface area (Å²) < 4.78 is 68.4. The van der Waals surface area contributed by atoms with Crippen LogP contribution in [0, 0.1) is 0 Å². The highest BCUT2D eigenvalue weighted by atomic mass is 19.4. The number of rotatable bonds is 5. The molecule has 0 aliphatic rings. The van der Waals surface area contributed by atoms with E-state index in [1.54, 1.807) is 13.2 Å². The van der Waals surface area contributed by atoms with E-state index in [0.29, 0.717) is 11.6 Å². The molecule has 0 radical (unpaired) electrons. The van der Waals surface area contributed by atoms with Crippen LogP contribution < -0.4 is 10.1 Å². The number of hydrogen-bond acceptors (Lipinski definition) is 3. The molecule has 0 fully saturated rings. The van der Waals surface area contributed by atoms with Crippen LogP contribution in [-0.4, -0.2) is 22.3 Å². The Balaban J connectivity index is 2.17. The largest absolute Gasteiger partial charge is 0.434 e. The zero-order valence-electron chi connectivity index (χ0n) is 12.3. The molecule has 0 aliphatic carbocycles. The molecule has 1 aromatic heterocycles. The minimum Gasteiger partial charge on any atom is -0.434 e. The Labute approximate surface area is 133 Å². The summed E-state index contributed by atoms with van der Waals surface area (Å²) in [4.78, 5) is 11.8. The fraction of sp³-hybridized carbons (Fsp3) is 0.286. The van der Waals surface area contributed by atoms with Gasteiger partial charge in [-0.15, -0.1) is 0 Å². The van der Waals surface area contributed by atoms with Gasteiger partial charge in [0, 0.05) is 18.9 Å². The summed E-state index contributed by atoms with van der Waals surface area (Å²) in [5.41, 5.74) is -1.01. The molecule has 1 amide bonds. The molecule has 0 bridgehead atoms. The molecule has 2 aromatic rings. The number of aryl methyl sites for hydroxylation is 1. The lowest BCUT2D eigenvalue weighted by molar-refractivity contribution is -0.141. The maximum Gasteiger partial charge on any atom is 0.420 e. The Bertz CT molecular complexity index is 727. The van der Waals surface area contributed by atoms with E-state index in [1.165, 1.54) is 10.9 Å². The summed E-state index contributed by atoms with van der Waals surface area (Å²) >= 11 is 0. The lowest BCUT2D eigenvalue weighted by Crippen LogP contribution is -2.16. The van der Waals surface area contributed by atoms with Crippen LogP contribution in [0.3, 0.4) is 0 Å². The van der Waals surface area contributed by atoms with Crippen molar-refractivity contribution in [2.24, 2.45) is 7.05 Å². The number of nitrogens with zero attached hydrogens (tertiary/aromatic N) is 2. The number of amides is 1. The third-order valence-corrected chi connectivity index (χ3v) is 2.91. The van der Waals surface area contributed by atoms with E-state index in [1.807, 2.05) is 0 Å². The van der Waals surface area contributed by atoms with Gasteiger partial charge in [-0.2, -0.15) is 27.1 Å². The highest BCUT2D eigenvalue weighted by Crippen LogP contribution is 2.38. The van der Waals surface area contributed by atoms with Gasteiger partial charge in [0.25, 0.3) is 0 Å². The smallest absolute Gasteiger partial charge is 0.420 e. The Morgan fingerprint density at radius 1 is 1.38 bits per heavy atom. The number of benzene rings is 1. The monoisotopic (exact) mass is 349 g/mol. The third kappa shape index (κ3) is 4.67. The molecule has 1 aromatic carbocycles. The van der Waals surface area contributed by atoms with Crippen LogP contribution in [0.5, 0.6) is 5.75 Å². The first kappa shape index (κ1) is 17.7. The predicted octanol–water partition coefficient (Wildman–Crippen LogP) is 3.22. The van der Waals surface area contributed by atoms with E-state index in [0.717, 1.165) is 12.1 Å². The zero-order chi connectivity index (χ0) is 17.9. The molecule has 130 valence electrons. The number of carbonyl (C=O) groups excluding carboxylic acids is 1. The molecule has 0 saturated heterocycles. The summed E-state index contributed by atoms with van der Waals surface area (Å²) in [5.74, 6) is -1.58. The Kier molecular flexibility index (Phi) is 5.05. The number of carbonyl (C=O) groups is 1. The van der Waals surface area contributed by atoms with Gasteiger partial charge in [0.15, 0.2) is 0 Å². The Hall–Kier alpha value is -2.65. The van der Waals surface area contributed by atoms with Gasteiger partial charge in [-0.3, -0.25) is 9.48 Å². The number of hydrogen-bond donors (Lipinski definition) is 1. The first-order valence-electron chi connectivity index (χ1n) is 6.58. The summed E-state index contributed by atoms with van der Waals surface area (Å²) in [7, 11) is 1.65. The molecule has 0 aliphatic heterocycles. The Morgan fingerprint density at radius 2 is 2.08 bits per heavy atom. The summed E-state index contributed by atoms with van der Waals surface area (Å²) in [6, 6.07) is 2.32. The fourth-order valence-corrected chi connectivity index (χ4v) is 1.98.